The molecule has 13 heavy (non-hydrogen) atoms. The molecule has 0 spiro atoms. The predicted octanol–water partition coefficient (Wildman–Crippen LogP) is 1.34. The molecule has 0 heterocycles. The van der Waals surface area contributed by atoms with Crippen molar-refractivity contribution in [2.75, 3.05) is 18.1 Å². The van der Waals surface area contributed by atoms with Gasteiger partial charge < -0.3 is 4.74 Å². The summed E-state index contributed by atoms with van der Waals surface area (Å²) in [6, 6.07) is 0. The molecule has 78 valence electrons. The molecule has 0 aromatic carbocycles. The van der Waals surface area contributed by atoms with Crippen LogP contribution in [0.2, 0.25) is 0 Å². The number of ether oxygens (including phenoxy) is 1. The number of carbonyl (C=O) groups is 1. The van der Waals surface area contributed by atoms with Gasteiger partial charge in [0, 0.05) is 22.3 Å². The van der Waals surface area contributed by atoms with E-state index in [0.29, 0.717) is 18.1 Å². The topological polar surface area (TPSA) is 43.4 Å². The fourth-order valence-corrected chi connectivity index (χ4v) is 2.26. The molecule has 0 N–H and O–H groups in total. The van der Waals surface area contributed by atoms with Crippen molar-refractivity contribution in [3.05, 3.63) is 0 Å². The number of carbonyl (C=O) groups excluding carboxylic acids is 1. The van der Waals surface area contributed by atoms with Crippen LogP contribution in [-0.2, 0) is 20.3 Å². The van der Waals surface area contributed by atoms with Crippen LogP contribution in [0.1, 0.15) is 27.2 Å². The fourth-order valence-electron chi connectivity index (χ4n) is 0.942. The van der Waals surface area contributed by atoms with Gasteiger partial charge >= 0.3 is 5.97 Å². The third kappa shape index (κ3) is 5.80. The highest BCUT2D eigenvalue weighted by Crippen LogP contribution is 2.02. The zero-order valence-electron chi connectivity index (χ0n) is 8.54. The van der Waals surface area contributed by atoms with Crippen molar-refractivity contribution in [2.45, 2.75) is 27.2 Å². The third-order valence-corrected chi connectivity index (χ3v) is 3.29. The van der Waals surface area contributed by atoms with Gasteiger partial charge in [0.25, 0.3) is 0 Å². The lowest BCUT2D eigenvalue weighted by Crippen LogP contribution is -2.21. The van der Waals surface area contributed by atoms with E-state index in [0.717, 1.165) is 6.42 Å². The summed E-state index contributed by atoms with van der Waals surface area (Å²) in [6.07, 6.45) is 0.891. The van der Waals surface area contributed by atoms with E-state index < -0.39 is 10.8 Å². The van der Waals surface area contributed by atoms with E-state index in [-0.39, 0.29) is 11.9 Å². The van der Waals surface area contributed by atoms with Gasteiger partial charge in [0.05, 0.1) is 12.5 Å². The van der Waals surface area contributed by atoms with E-state index in [4.69, 9.17) is 4.74 Å². The summed E-state index contributed by atoms with van der Waals surface area (Å²) in [5.74, 6) is 0.607. The number of hydrogen-bond acceptors (Lipinski definition) is 3. The average molecular weight is 206 g/mol. The van der Waals surface area contributed by atoms with Gasteiger partial charge in [-0.25, -0.2) is 0 Å². The molecular formula is C9H18O3S. The molecule has 0 aromatic heterocycles. The second-order valence-electron chi connectivity index (χ2n) is 2.96. The molecule has 3 nitrogen and oxygen atoms in total. The van der Waals surface area contributed by atoms with Crippen LogP contribution in [0.4, 0.5) is 0 Å². The van der Waals surface area contributed by atoms with Crippen molar-refractivity contribution >= 4 is 16.8 Å². The van der Waals surface area contributed by atoms with Gasteiger partial charge in [-0.2, -0.15) is 0 Å². The normalized spacial score (nSPS) is 15.0. The van der Waals surface area contributed by atoms with Gasteiger partial charge in [0.15, 0.2) is 0 Å². The lowest BCUT2D eigenvalue weighted by atomic mass is 10.2. The van der Waals surface area contributed by atoms with Crippen molar-refractivity contribution in [3.8, 4) is 0 Å². The van der Waals surface area contributed by atoms with E-state index in [1.54, 1.807) is 13.8 Å². The summed E-state index contributed by atoms with van der Waals surface area (Å²) < 4.78 is 16.1. The summed E-state index contributed by atoms with van der Waals surface area (Å²) in [5, 5.41) is 0. The minimum absolute atomic E-state index is 0.243. The maximum atomic E-state index is 11.3. The molecule has 0 fully saturated rings. The molecule has 0 bridgehead atoms. The minimum atomic E-state index is -0.875. The maximum Gasteiger partial charge on any atom is 0.309 e. The minimum Gasteiger partial charge on any atom is -0.466 e. The SMILES string of the molecule is CCCS(=O)CC(C)C(=O)OCC. The van der Waals surface area contributed by atoms with Gasteiger partial charge in [-0.15, -0.1) is 0 Å². The van der Waals surface area contributed by atoms with Crippen LogP contribution in [0.15, 0.2) is 0 Å². The van der Waals surface area contributed by atoms with Crippen LogP contribution in [0, 0.1) is 5.92 Å². The molecule has 0 aliphatic rings. The van der Waals surface area contributed by atoms with Crippen molar-refractivity contribution in [3.63, 3.8) is 0 Å². The second kappa shape index (κ2) is 7.06. The summed E-state index contributed by atoms with van der Waals surface area (Å²) >= 11 is 0. The molecule has 0 radical (unpaired) electrons. The Labute approximate surface area is 82.3 Å². The Kier molecular flexibility index (Phi) is 6.86. The van der Waals surface area contributed by atoms with Crippen molar-refractivity contribution in [1.29, 1.82) is 0 Å². The van der Waals surface area contributed by atoms with Gasteiger partial charge in [0.2, 0.25) is 0 Å². The molecule has 4 heteroatoms. The third-order valence-electron chi connectivity index (χ3n) is 1.56. The predicted molar refractivity (Wildman–Crippen MR) is 54.0 cm³/mol. The van der Waals surface area contributed by atoms with E-state index in [9.17, 15) is 9.00 Å². The highest BCUT2D eigenvalue weighted by molar-refractivity contribution is 7.85. The number of esters is 1. The summed E-state index contributed by atoms with van der Waals surface area (Å²) in [7, 11) is -0.875. The lowest BCUT2D eigenvalue weighted by Gasteiger charge is -2.09. The average Bonchev–Trinajstić information content (AvgIpc) is 2.05. The summed E-state index contributed by atoms with van der Waals surface area (Å²) in [5.41, 5.74) is 0. The Morgan fingerprint density at radius 3 is 2.54 bits per heavy atom. The zero-order chi connectivity index (χ0) is 10.3. The zero-order valence-corrected chi connectivity index (χ0v) is 9.36. The monoisotopic (exact) mass is 206 g/mol. The Balaban J connectivity index is 3.78. The summed E-state index contributed by atoms with van der Waals surface area (Å²) in [4.78, 5) is 11.1. The molecule has 0 rings (SSSR count). The van der Waals surface area contributed by atoms with Crippen LogP contribution in [0.3, 0.4) is 0 Å². The highest BCUT2D eigenvalue weighted by atomic mass is 32.2. The first-order chi connectivity index (χ1) is 6.11. The number of rotatable bonds is 6. The first-order valence-electron chi connectivity index (χ1n) is 4.63. The van der Waals surface area contributed by atoms with Gasteiger partial charge in [0.1, 0.15) is 0 Å². The van der Waals surface area contributed by atoms with Crippen LogP contribution < -0.4 is 0 Å². The second-order valence-corrected chi connectivity index (χ2v) is 4.58. The molecule has 0 amide bonds. The van der Waals surface area contributed by atoms with Crippen LogP contribution in [0.25, 0.3) is 0 Å². The van der Waals surface area contributed by atoms with Crippen molar-refractivity contribution in [1.82, 2.24) is 0 Å². The smallest absolute Gasteiger partial charge is 0.309 e. The first kappa shape index (κ1) is 12.6. The van der Waals surface area contributed by atoms with Crippen molar-refractivity contribution < 1.29 is 13.7 Å². The lowest BCUT2D eigenvalue weighted by molar-refractivity contribution is -0.146. The van der Waals surface area contributed by atoms with Crippen molar-refractivity contribution in [2.24, 2.45) is 5.92 Å². The van der Waals surface area contributed by atoms with Gasteiger partial charge in [-0.3, -0.25) is 9.00 Å². The molecule has 0 saturated heterocycles. The van der Waals surface area contributed by atoms with E-state index >= 15 is 0 Å². The molecule has 0 aliphatic heterocycles. The summed E-state index contributed by atoms with van der Waals surface area (Å²) in [6.45, 7) is 5.90. The molecule has 2 unspecified atom stereocenters. The molecule has 0 aliphatic carbocycles. The first-order valence-corrected chi connectivity index (χ1v) is 6.12. The van der Waals surface area contributed by atoms with Gasteiger partial charge in [-0.1, -0.05) is 13.8 Å². The standard InChI is InChI=1S/C9H18O3S/c1-4-6-13(11)7-8(3)9(10)12-5-2/h8H,4-7H2,1-3H3. The highest BCUT2D eigenvalue weighted by Gasteiger charge is 2.16. The Hall–Kier alpha value is -0.380. The molecule has 0 saturated carbocycles. The Morgan fingerprint density at radius 2 is 2.08 bits per heavy atom. The van der Waals surface area contributed by atoms with E-state index in [1.807, 2.05) is 6.92 Å². The van der Waals surface area contributed by atoms with Crippen LogP contribution >= 0.6 is 0 Å². The van der Waals surface area contributed by atoms with Crippen LogP contribution in [-0.4, -0.2) is 28.3 Å². The quantitative estimate of drug-likeness (QED) is 0.616. The van der Waals surface area contributed by atoms with E-state index in [2.05, 4.69) is 0 Å². The molecule has 2 atom stereocenters. The Bertz CT molecular complexity index is 180. The number of hydrogen-bond donors (Lipinski definition) is 0. The fraction of sp³-hybridized carbons (Fsp3) is 0.889. The molecule has 0 aromatic rings. The largest absolute Gasteiger partial charge is 0.466 e. The Morgan fingerprint density at radius 1 is 1.46 bits per heavy atom. The van der Waals surface area contributed by atoms with Crippen LogP contribution in [0.5, 0.6) is 0 Å². The van der Waals surface area contributed by atoms with E-state index in [1.165, 1.54) is 0 Å². The molecular weight excluding hydrogens is 188 g/mol. The van der Waals surface area contributed by atoms with Gasteiger partial charge in [-0.05, 0) is 13.3 Å². The maximum absolute atomic E-state index is 11.3.